The third-order valence-corrected chi connectivity index (χ3v) is 4.26. The van der Waals surface area contributed by atoms with Crippen LogP contribution < -0.4 is 10.6 Å². The number of rotatable bonds is 6. The quantitative estimate of drug-likeness (QED) is 0.361. The highest BCUT2D eigenvalue weighted by Gasteiger charge is 2.10. The number of carbonyl (C=O) groups is 1. The average Bonchev–Trinajstić information content (AvgIpc) is 2.93. The first-order chi connectivity index (χ1) is 12.4. The van der Waals surface area contributed by atoms with Gasteiger partial charge in [-0.25, -0.2) is 0 Å². The molecule has 0 radical (unpaired) electrons. The Morgan fingerprint density at radius 3 is 2.44 bits per heavy atom. The fourth-order valence-corrected chi connectivity index (χ4v) is 2.92. The van der Waals surface area contributed by atoms with E-state index in [2.05, 4.69) is 15.6 Å². The number of benzene rings is 1. The van der Waals surface area contributed by atoms with Gasteiger partial charge in [0.2, 0.25) is 0 Å². The number of hydrogen-bond donors (Lipinski definition) is 2. The SMILES string of the molecule is CCNC(=O)c1ccc(CNC(=NC)N(C)Cc2cc(Cl)cn2C)cc1.I. The van der Waals surface area contributed by atoms with Crippen LogP contribution in [0.3, 0.4) is 0 Å². The Kier molecular flexibility index (Phi) is 9.65. The minimum atomic E-state index is -0.0521. The van der Waals surface area contributed by atoms with E-state index in [-0.39, 0.29) is 29.9 Å². The van der Waals surface area contributed by atoms with Crippen LogP contribution in [0.4, 0.5) is 0 Å². The van der Waals surface area contributed by atoms with E-state index < -0.39 is 0 Å². The molecule has 148 valence electrons. The summed E-state index contributed by atoms with van der Waals surface area (Å²) in [7, 11) is 5.71. The van der Waals surface area contributed by atoms with Crippen LogP contribution in [0.5, 0.6) is 0 Å². The van der Waals surface area contributed by atoms with Gasteiger partial charge in [-0.3, -0.25) is 9.79 Å². The number of nitrogens with one attached hydrogen (secondary N) is 2. The van der Waals surface area contributed by atoms with E-state index in [1.165, 1.54) is 0 Å². The van der Waals surface area contributed by atoms with Crippen LogP contribution in [0.2, 0.25) is 5.02 Å². The first-order valence-electron chi connectivity index (χ1n) is 8.54. The summed E-state index contributed by atoms with van der Waals surface area (Å²) in [6, 6.07) is 9.51. The van der Waals surface area contributed by atoms with Crippen molar-refractivity contribution in [2.75, 3.05) is 20.6 Å². The molecule has 0 bridgehead atoms. The van der Waals surface area contributed by atoms with Gasteiger partial charge in [0, 0.05) is 51.7 Å². The smallest absolute Gasteiger partial charge is 0.251 e. The summed E-state index contributed by atoms with van der Waals surface area (Å²) >= 11 is 6.04. The molecule has 0 saturated carbocycles. The predicted molar refractivity (Wildman–Crippen MR) is 122 cm³/mol. The van der Waals surface area contributed by atoms with Crippen molar-refractivity contribution in [2.45, 2.75) is 20.0 Å². The molecule has 0 atom stereocenters. The van der Waals surface area contributed by atoms with E-state index in [0.29, 0.717) is 25.2 Å². The van der Waals surface area contributed by atoms with E-state index in [4.69, 9.17) is 11.6 Å². The van der Waals surface area contributed by atoms with Crippen molar-refractivity contribution >= 4 is 47.4 Å². The van der Waals surface area contributed by atoms with Gasteiger partial charge >= 0.3 is 0 Å². The summed E-state index contributed by atoms with van der Waals surface area (Å²) in [5, 5.41) is 6.86. The zero-order chi connectivity index (χ0) is 19.1. The lowest BCUT2D eigenvalue weighted by molar-refractivity contribution is 0.0956. The fraction of sp³-hybridized carbons (Fsp3) is 0.368. The summed E-state index contributed by atoms with van der Waals surface area (Å²) in [4.78, 5) is 18.2. The van der Waals surface area contributed by atoms with Gasteiger partial charge in [0.05, 0.1) is 11.6 Å². The van der Waals surface area contributed by atoms with Crippen molar-refractivity contribution < 1.29 is 4.79 Å². The molecule has 2 rings (SSSR count). The number of aryl methyl sites for hydroxylation is 1. The van der Waals surface area contributed by atoms with Crippen molar-refractivity contribution in [1.29, 1.82) is 0 Å². The molecule has 0 saturated heterocycles. The molecule has 6 nitrogen and oxygen atoms in total. The fourth-order valence-electron chi connectivity index (χ4n) is 2.64. The van der Waals surface area contributed by atoms with Crippen molar-refractivity contribution in [3.8, 4) is 0 Å². The van der Waals surface area contributed by atoms with E-state index in [0.717, 1.165) is 22.2 Å². The molecule has 2 N–H and O–H groups in total. The summed E-state index contributed by atoms with van der Waals surface area (Å²) < 4.78 is 2.01. The molecule has 8 heteroatoms. The maximum absolute atomic E-state index is 11.8. The Balaban J connectivity index is 0.00000364. The average molecular weight is 504 g/mol. The van der Waals surface area contributed by atoms with Gasteiger partial charge < -0.3 is 20.1 Å². The Morgan fingerprint density at radius 1 is 1.26 bits per heavy atom. The molecule has 1 heterocycles. The Labute approximate surface area is 183 Å². The van der Waals surface area contributed by atoms with Crippen LogP contribution in [0.1, 0.15) is 28.5 Å². The number of guanidine groups is 1. The van der Waals surface area contributed by atoms with E-state index in [9.17, 15) is 4.79 Å². The number of carbonyl (C=O) groups excluding carboxylic acids is 1. The zero-order valence-corrected chi connectivity index (χ0v) is 19.2. The molecule has 0 unspecified atom stereocenters. The van der Waals surface area contributed by atoms with Crippen LogP contribution in [-0.4, -0.2) is 42.0 Å². The lowest BCUT2D eigenvalue weighted by Crippen LogP contribution is -2.38. The summed E-state index contributed by atoms with van der Waals surface area (Å²) in [5.41, 5.74) is 2.85. The summed E-state index contributed by atoms with van der Waals surface area (Å²) in [6.07, 6.45) is 1.89. The Hall–Kier alpha value is -1.74. The molecule has 0 spiro atoms. The largest absolute Gasteiger partial charge is 0.352 e. The molecular formula is C19H27ClIN5O. The van der Waals surface area contributed by atoms with Crippen LogP contribution in [0, 0.1) is 0 Å². The standard InChI is InChI=1S/C19H26ClN5O.HI/c1-5-22-18(26)15-8-6-14(7-9-15)11-23-19(21-2)25(4)13-17-10-16(20)12-24(17)3;/h6-10,12H,5,11,13H2,1-4H3,(H,21,23)(H,22,26);1H. The first kappa shape index (κ1) is 23.3. The monoisotopic (exact) mass is 503 g/mol. The lowest BCUT2D eigenvalue weighted by atomic mass is 10.1. The molecule has 1 amide bonds. The Bertz CT molecular complexity index is 773. The topological polar surface area (TPSA) is 61.7 Å². The van der Waals surface area contributed by atoms with E-state index in [1.807, 2.05) is 67.0 Å². The third kappa shape index (κ3) is 6.73. The highest BCUT2D eigenvalue weighted by atomic mass is 127. The number of nitrogens with zero attached hydrogens (tertiary/aromatic N) is 3. The van der Waals surface area contributed by atoms with Gasteiger partial charge in [0.15, 0.2) is 5.96 Å². The second-order valence-electron chi connectivity index (χ2n) is 6.07. The summed E-state index contributed by atoms with van der Waals surface area (Å²) in [6.45, 7) is 3.85. The van der Waals surface area contributed by atoms with Crippen molar-refractivity contribution in [1.82, 2.24) is 20.1 Å². The Morgan fingerprint density at radius 2 is 1.93 bits per heavy atom. The molecule has 0 aliphatic rings. The van der Waals surface area contributed by atoms with Crippen LogP contribution >= 0.6 is 35.6 Å². The molecule has 0 fully saturated rings. The molecule has 2 aromatic rings. The molecule has 0 aliphatic heterocycles. The molecule has 1 aromatic heterocycles. The number of hydrogen-bond acceptors (Lipinski definition) is 2. The van der Waals surface area contributed by atoms with Gasteiger partial charge in [-0.1, -0.05) is 23.7 Å². The predicted octanol–water partition coefficient (Wildman–Crippen LogP) is 3.25. The van der Waals surface area contributed by atoms with Gasteiger partial charge in [-0.2, -0.15) is 0 Å². The second-order valence-corrected chi connectivity index (χ2v) is 6.51. The van der Waals surface area contributed by atoms with Gasteiger partial charge in [0.25, 0.3) is 5.91 Å². The summed E-state index contributed by atoms with van der Waals surface area (Å²) in [5.74, 6) is 0.735. The van der Waals surface area contributed by atoms with Crippen molar-refractivity contribution in [3.05, 3.63) is 58.4 Å². The van der Waals surface area contributed by atoms with Crippen LogP contribution in [-0.2, 0) is 20.1 Å². The first-order valence-corrected chi connectivity index (χ1v) is 8.92. The molecule has 1 aromatic carbocycles. The minimum absolute atomic E-state index is 0. The number of aromatic nitrogens is 1. The van der Waals surface area contributed by atoms with Crippen LogP contribution in [0.15, 0.2) is 41.5 Å². The van der Waals surface area contributed by atoms with E-state index in [1.54, 1.807) is 7.05 Å². The minimum Gasteiger partial charge on any atom is -0.352 e. The number of halogens is 2. The third-order valence-electron chi connectivity index (χ3n) is 4.05. The van der Waals surface area contributed by atoms with Crippen molar-refractivity contribution in [2.24, 2.45) is 12.0 Å². The molecule has 0 aliphatic carbocycles. The highest BCUT2D eigenvalue weighted by Crippen LogP contribution is 2.14. The molecular weight excluding hydrogens is 477 g/mol. The second kappa shape index (κ2) is 11.2. The number of aliphatic imine (C=N–C) groups is 1. The van der Waals surface area contributed by atoms with E-state index >= 15 is 0 Å². The van der Waals surface area contributed by atoms with Gasteiger partial charge in [-0.05, 0) is 30.7 Å². The lowest BCUT2D eigenvalue weighted by Gasteiger charge is -2.22. The van der Waals surface area contributed by atoms with Gasteiger partial charge in [-0.15, -0.1) is 24.0 Å². The highest BCUT2D eigenvalue weighted by molar-refractivity contribution is 14.0. The maximum atomic E-state index is 11.8. The normalized spacial score (nSPS) is 10.9. The van der Waals surface area contributed by atoms with Crippen LogP contribution in [0.25, 0.3) is 0 Å². The zero-order valence-electron chi connectivity index (χ0n) is 16.1. The van der Waals surface area contributed by atoms with Crippen molar-refractivity contribution in [3.63, 3.8) is 0 Å². The van der Waals surface area contributed by atoms with Gasteiger partial charge in [0.1, 0.15) is 0 Å². The molecule has 27 heavy (non-hydrogen) atoms. The number of amides is 1. The maximum Gasteiger partial charge on any atom is 0.251 e.